The van der Waals surface area contributed by atoms with Gasteiger partial charge < -0.3 is 14.4 Å². The summed E-state index contributed by atoms with van der Waals surface area (Å²) in [6.07, 6.45) is 7.60. The van der Waals surface area contributed by atoms with Gasteiger partial charge in [-0.15, -0.1) is 0 Å². The highest BCUT2D eigenvalue weighted by Gasteiger charge is 2.30. The fourth-order valence-corrected chi connectivity index (χ4v) is 4.66. The molecule has 0 fully saturated rings. The van der Waals surface area contributed by atoms with Gasteiger partial charge in [0.05, 0.1) is 18.7 Å². The predicted octanol–water partition coefficient (Wildman–Crippen LogP) is 7.67. The number of halogens is 3. The average molecular weight is 550 g/mol. The van der Waals surface area contributed by atoms with Gasteiger partial charge in [-0.1, -0.05) is 70.9 Å². The molecule has 39 heavy (non-hydrogen) atoms. The molecule has 2 rings (SSSR count). The van der Waals surface area contributed by atoms with Crippen molar-refractivity contribution in [2.75, 3.05) is 19.6 Å². The number of benzene rings is 1. The third-order valence-corrected chi connectivity index (χ3v) is 7.07. The van der Waals surface area contributed by atoms with Crippen molar-refractivity contribution in [2.24, 2.45) is 0 Å². The van der Waals surface area contributed by atoms with Gasteiger partial charge in [0.2, 0.25) is 11.8 Å². The highest BCUT2D eigenvalue weighted by atomic mass is 19.4. The lowest BCUT2D eigenvalue weighted by Crippen LogP contribution is -2.43. The standard InChI is InChI=1S/C31H46F3N3O2/c1-4-7-9-10-11-12-13-19-29(38)35(6-3)25-30(39)37(20-8-5-2)24-28-18-15-21-36(28)23-26-16-14-17-27(22-26)31(32,33)34/h14-18,21-22H,4-13,19-20,23-25H2,1-3H3. The number of aromatic nitrogens is 1. The molecule has 0 radical (unpaired) electrons. The van der Waals surface area contributed by atoms with Gasteiger partial charge in [-0.3, -0.25) is 9.59 Å². The van der Waals surface area contributed by atoms with Crippen molar-refractivity contribution in [1.29, 1.82) is 0 Å². The van der Waals surface area contributed by atoms with Crippen LogP contribution in [-0.2, 0) is 28.9 Å². The highest BCUT2D eigenvalue weighted by Crippen LogP contribution is 2.29. The van der Waals surface area contributed by atoms with E-state index in [1.807, 2.05) is 29.8 Å². The van der Waals surface area contributed by atoms with Crippen molar-refractivity contribution in [1.82, 2.24) is 14.4 Å². The summed E-state index contributed by atoms with van der Waals surface area (Å²) >= 11 is 0. The number of unbranched alkanes of at least 4 members (excludes halogenated alkanes) is 7. The molecule has 0 unspecified atom stereocenters. The van der Waals surface area contributed by atoms with Crippen LogP contribution in [0.2, 0.25) is 0 Å². The minimum Gasteiger partial charge on any atom is -0.345 e. The Morgan fingerprint density at radius 3 is 2.18 bits per heavy atom. The Bertz CT molecular complexity index is 1000. The molecule has 0 aliphatic heterocycles. The van der Waals surface area contributed by atoms with Gasteiger partial charge in [0, 0.05) is 37.9 Å². The molecule has 0 spiro atoms. The van der Waals surface area contributed by atoms with E-state index in [-0.39, 0.29) is 24.9 Å². The van der Waals surface area contributed by atoms with Gasteiger partial charge in [-0.25, -0.2) is 0 Å². The number of hydrogen-bond donors (Lipinski definition) is 0. The Morgan fingerprint density at radius 2 is 1.51 bits per heavy atom. The summed E-state index contributed by atoms with van der Waals surface area (Å²) in [5, 5.41) is 0. The number of nitrogens with zero attached hydrogens (tertiary/aromatic N) is 3. The van der Waals surface area contributed by atoms with Crippen LogP contribution in [0.1, 0.15) is 102 Å². The summed E-state index contributed by atoms with van der Waals surface area (Å²) in [6, 6.07) is 9.06. The Labute approximate surface area is 232 Å². The van der Waals surface area contributed by atoms with Gasteiger partial charge in [-0.2, -0.15) is 13.2 Å². The Kier molecular flexibility index (Phi) is 14.2. The molecule has 2 amide bonds. The van der Waals surface area contributed by atoms with Gasteiger partial charge >= 0.3 is 6.18 Å². The van der Waals surface area contributed by atoms with Crippen LogP contribution in [0.25, 0.3) is 0 Å². The molecule has 8 heteroatoms. The molecule has 0 aliphatic rings. The van der Waals surface area contributed by atoms with E-state index in [4.69, 9.17) is 0 Å². The normalized spacial score (nSPS) is 11.5. The molecule has 5 nitrogen and oxygen atoms in total. The lowest BCUT2D eigenvalue weighted by Gasteiger charge is -2.27. The minimum atomic E-state index is -4.39. The molecule has 0 N–H and O–H groups in total. The highest BCUT2D eigenvalue weighted by molar-refractivity contribution is 5.84. The monoisotopic (exact) mass is 549 g/mol. The minimum absolute atomic E-state index is 0.0165. The van der Waals surface area contributed by atoms with Crippen molar-refractivity contribution in [3.63, 3.8) is 0 Å². The first-order chi connectivity index (χ1) is 18.7. The van der Waals surface area contributed by atoms with Crippen LogP contribution in [0.4, 0.5) is 13.2 Å². The fraction of sp³-hybridized carbons (Fsp3) is 0.613. The third kappa shape index (κ3) is 11.5. The average Bonchev–Trinajstić information content (AvgIpc) is 3.34. The molecule has 0 aliphatic carbocycles. The summed E-state index contributed by atoms with van der Waals surface area (Å²) < 4.78 is 41.4. The Hall–Kier alpha value is -2.77. The molecule has 1 aromatic carbocycles. The first-order valence-corrected chi connectivity index (χ1v) is 14.5. The summed E-state index contributed by atoms with van der Waals surface area (Å²) in [5.74, 6) is -0.0900. The van der Waals surface area contributed by atoms with Crippen LogP contribution in [0.5, 0.6) is 0 Å². The van der Waals surface area contributed by atoms with Crippen LogP contribution < -0.4 is 0 Å². The summed E-state index contributed by atoms with van der Waals surface area (Å²) in [5.41, 5.74) is 0.713. The van der Waals surface area contributed by atoms with E-state index in [0.717, 1.165) is 43.9 Å². The topological polar surface area (TPSA) is 45.6 Å². The van der Waals surface area contributed by atoms with E-state index in [9.17, 15) is 22.8 Å². The molecule has 1 heterocycles. The van der Waals surface area contributed by atoms with Crippen LogP contribution >= 0.6 is 0 Å². The molecule has 0 atom stereocenters. The zero-order chi connectivity index (χ0) is 28.7. The summed E-state index contributed by atoms with van der Waals surface area (Å²) in [7, 11) is 0. The maximum Gasteiger partial charge on any atom is 0.416 e. The van der Waals surface area contributed by atoms with Crippen molar-refractivity contribution in [3.05, 3.63) is 59.4 Å². The van der Waals surface area contributed by atoms with Crippen LogP contribution in [0, 0.1) is 0 Å². The lowest BCUT2D eigenvalue weighted by molar-refractivity contribution is -0.140. The predicted molar refractivity (Wildman–Crippen MR) is 150 cm³/mol. The van der Waals surface area contributed by atoms with E-state index in [2.05, 4.69) is 13.8 Å². The second-order valence-corrected chi connectivity index (χ2v) is 10.3. The number of rotatable bonds is 18. The first-order valence-electron chi connectivity index (χ1n) is 14.5. The molecule has 0 bridgehead atoms. The van der Waals surface area contributed by atoms with E-state index in [1.54, 1.807) is 15.9 Å². The molecule has 218 valence electrons. The van der Waals surface area contributed by atoms with Crippen molar-refractivity contribution < 1.29 is 22.8 Å². The number of carbonyl (C=O) groups is 2. The maximum absolute atomic E-state index is 13.3. The van der Waals surface area contributed by atoms with Crippen LogP contribution in [-0.4, -0.2) is 45.8 Å². The van der Waals surface area contributed by atoms with Gasteiger partial charge in [0.1, 0.15) is 0 Å². The summed E-state index contributed by atoms with van der Waals surface area (Å²) in [4.78, 5) is 29.6. The molecular formula is C31H46F3N3O2. The molecule has 0 saturated carbocycles. The summed E-state index contributed by atoms with van der Waals surface area (Å²) in [6.45, 7) is 7.86. The number of hydrogen-bond acceptors (Lipinski definition) is 2. The van der Waals surface area contributed by atoms with Gasteiger partial charge in [0.25, 0.3) is 0 Å². The van der Waals surface area contributed by atoms with Gasteiger partial charge in [0.15, 0.2) is 0 Å². The maximum atomic E-state index is 13.3. The van der Waals surface area contributed by atoms with E-state index in [0.29, 0.717) is 31.6 Å². The smallest absolute Gasteiger partial charge is 0.345 e. The Morgan fingerprint density at radius 1 is 0.821 bits per heavy atom. The van der Waals surface area contributed by atoms with Crippen molar-refractivity contribution in [3.8, 4) is 0 Å². The second-order valence-electron chi connectivity index (χ2n) is 10.3. The van der Waals surface area contributed by atoms with E-state index in [1.165, 1.54) is 37.8 Å². The molecular weight excluding hydrogens is 503 g/mol. The first kappa shape index (κ1) is 32.4. The Balaban J connectivity index is 2.00. The second kappa shape index (κ2) is 17.0. The lowest BCUT2D eigenvalue weighted by atomic mass is 10.1. The number of alkyl halides is 3. The largest absolute Gasteiger partial charge is 0.416 e. The number of likely N-dealkylation sites (N-methyl/N-ethyl adjacent to an activating group) is 1. The zero-order valence-electron chi connectivity index (χ0n) is 23.9. The zero-order valence-corrected chi connectivity index (χ0v) is 23.9. The molecule has 2 aromatic rings. The fourth-order valence-electron chi connectivity index (χ4n) is 4.66. The van der Waals surface area contributed by atoms with Crippen molar-refractivity contribution in [2.45, 2.75) is 104 Å². The van der Waals surface area contributed by atoms with Crippen LogP contribution in [0.3, 0.4) is 0 Å². The van der Waals surface area contributed by atoms with Gasteiger partial charge in [-0.05, 0) is 49.6 Å². The quantitative estimate of drug-likeness (QED) is 0.179. The van der Waals surface area contributed by atoms with Crippen molar-refractivity contribution >= 4 is 11.8 Å². The molecule has 0 saturated heterocycles. The van der Waals surface area contributed by atoms with E-state index >= 15 is 0 Å². The number of carbonyl (C=O) groups excluding carboxylic acids is 2. The molecule has 1 aromatic heterocycles. The number of amides is 2. The third-order valence-electron chi connectivity index (χ3n) is 7.07. The SMILES string of the molecule is CCCCCCCCCC(=O)N(CC)CC(=O)N(CCCC)Cc1cccn1Cc1cccc(C(F)(F)F)c1. The van der Waals surface area contributed by atoms with E-state index < -0.39 is 11.7 Å². The van der Waals surface area contributed by atoms with Crippen LogP contribution in [0.15, 0.2) is 42.6 Å².